The van der Waals surface area contributed by atoms with E-state index in [4.69, 9.17) is 0 Å². The van der Waals surface area contributed by atoms with Gasteiger partial charge in [-0.3, -0.25) is 4.79 Å². The van der Waals surface area contributed by atoms with Gasteiger partial charge in [0.1, 0.15) is 11.6 Å². The maximum atomic E-state index is 11.5. The first-order valence-corrected chi connectivity index (χ1v) is 4.49. The molecule has 1 aliphatic rings. The summed E-state index contributed by atoms with van der Waals surface area (Å²) in [5.74, 6) is 1.55. The number of fused-ring (bicyclic) bond motifs is 1. The molecule has 0 aromatic carbocycles. The number of H-pyrrole nitrogens is 1. The average molecular weight is 179 g/mol. The van der Waals surface area contributed by atoms with Gasteiger partial charge in [-0.1, -0.05) is 0 Å². The number of nitrogens with zero attached hydrogens (tertiary/aromatic N) is 2. The van der Waals surface area contributed by atoms with Crippen LogP contribution in [0.15, 0.2) is 4.79 Å². The third kappa shape index (κ3) is 1.32. The molecule has 1 aromatic rings. The molecule has 13 heavy (non-hydrogen) atoms. The lowest BCUT2D eigenvalue weighted by Crippen LogP contribution is -2.31. The second kappa shape index (κ2) is 2.87. The Morgan fingerprint density at radius 1 is 1.54 bits per heavy atom. The highest BCUT2D eigenvalue weighted by Gasteiger charge is 2.18. The third-order valence-electron chi connectivity index (χ3n) is 2.39. The number of aromatic nitrogens is 2. The zero-order valence-electron chi connectivity index (χ0n) is 7.92. The lowest BCUT2D eigenvalue weighted by molar-refractivity contribution is 0.712. The monoisotopic (exact) mass is 179 g/mol. The van der Waals surface area contributed by atoms with Crippen molar-refractivity contribution >= 4 is 5.82 Å². The normalized spacial score (nSPS) is 15.7. The van der Waals surface area contributed by atoms with Crippen LogP contribution in [-0.4, -0.2) is 23.6 Å². The first-order valence-electron chi connectivity index (χ1n) is 4.49. The van der Waals surface area contributed by atoms with Gasteiger partial charge >= 0.3 is 0 Å². The minimum absolute atomic E-state index is 0.0223. The molecule has 0 radical (unpaired) electrons. The number of nitrogens with one attached hydrogen (secondary N) is 1. The molecule has 0 saturated carbocycles. The van der Waals surface area contributed by atoms with Crippen molar-refractivity contribution in [1.29, 1.82) is 0 Å². The number of hydrogen-bond donors (Lipinski definition) is 1. The van der Waals surface area contributed by atoms with E-state index in [1.54, 1.807) is 0 Å². The van der Waals surface area contributed by atoms with Gasteiger partial charge in [0.05, 0.1) is 5.56 Å². The molecule has 70 valence electrons. The molecule has 1 aromatic heterocycles. The lowest BCUT2D eigenvalue weighted by atomic mass is 10.1. The van der Waals surface area contributed by atoms with E-state index >= 15 is 0 Å². The number of aryl methyl sites for hydroxylation is 1. The number of aromatic amines is 1. The van der Waals surface area contributed by atoms with Gasteiger partial charge in [-0.15, -0.1) is 0 Å². The van der Waals surface area contributed by atoms with E-state index in [2.05, 4.69) is 9.97 Å². The molecule has 0 bridgehead atoms. The molecule has 0 fully saturated rings. The van der Waals surface area contributed by atoms with Gasteiger partial charge in [-0.25, -0.2) is 4.98 Å². The summed E-state index contributed by atoms with van der Waals surface area (Å²) in [7, 11) is 1.98. The highest BCUT2D eigenvalue weighted by molar-refractivity contribution is 5.47. The molecule has 0 aliphatic carbocycles. The van der Waals surface area contributed by atoms with E-state index in [0.29, 0.717) is 5.82 Å². The first-order chi connectivity index (χ1) is 6.18. The predicted octanol–water partition coefficient (Wildman–Crippen LogP) is 0.461. The summed E-state index contributed by atoms with van der Waals surface area (Å²) in [4.78, 5) is 20.6. The van der Waals surface area contributed by atoms with Crippen LogP contribution in [-0.2, 0) is 6.42 Å². The second-order valence-corrected chi connectivity index (χ2v) is 3.48. The van der Waals surface area contributed by atoms with Crippen LogP contribution >= 0.6 is 0 Å². The van der Waals surface area contributed by atoms with E-state index in [-0.39, 0.29) is 5.56 Å². The quantitative estimate of drug-likeness (QED) is 0.629. The van der Waals surface area contributed by atoms with Gasteiger partial charge in [0.25, 0.3) is 5.56 Å². The van der Waals surface area contributed by atoms with Crippen molar-refractivity contribution < 1.29 is 0 Å². The Kier molecular flexibility index (Phi) is 1.83. The van der Waals surface area contributed by atoms with Gasteiger partial charge in [-0.2, -0.15) is 0 Å². The SMILES string of the molecule is Cc1nc2c(c(=O)[nH]1)CCCN2C. The van der Waals surface area contributed by atoms with E-state index in [1.165, 1.54) is 0 Å². The fourth-order valence-electron chi connectivity index (χ4n) is 1.74. The Hall–Kier alpha value is -1.32. The van der Waals surface area contributed by atoms with Gasteiger partial charge in [-0.05, 0) is 19.8 Å². The molecule has 4 nitrogen and oxygen atoms in total. The molecule has 1 aliphatic heterocycles. The Bertz CT molecular complexity index is 383. The largest absolute Gasteiger partial charge is 0.359 e. The Balaban J connectivity index is 2.63. The first kappa shape index (κ1) is 8.29. The smallest absolute Gasteiger partial charge is 0.256 e. The maximum absolute atomic E-state index is 11.5. The topological polar surface area (TPSA) is 49.0 Å². The van der Waals surface area contributed by atoms with Gasteiger partial charge in [0.15, 0.2) is 0 Å². The molecule has 1 N–H and O–H groups in total. The van der Waals surface area contributed by atoms with Gasteiger partial charge in [0, 0.05) is 13.6 Å². The highest BCUT2D eigenvalue weighted by Crippen LogP contribution is 2.19. The molecule has 2 rings (SSSR count). The minimum Gasteiger partial charge on any atom is -0.359 e. The minimum atomic E-state index is 0.0223. The van der Waals surface area contributed by atoms with Crippen molar-refractivity contribution in [2.24, 2.45) is 0 Å². The van der Waals surface area contributed by atoms with Crippen LogP contribution in [0.2, 0.25) is 0 Å². The van der Waals surface area contributed by atoms with Crippen molar-refractivity contribution in [3.8, 4) is 0 Å². The third-order valence-corrected chi connectivity index (χ3v) is 2.39. The molecule has 0 amide bonds. The summed E-state index contributed by atoms with van der Waals surface area (Å²) in [5, 5.41) is 0. The van der Waals surface area contributed by atoms with Gasteiger partial charge < -0.3 is 9.88 Å². The highest BCUT2D eigenvalue weighted by atomic mass is 16.1. The second-order valence-electron chi connectivity index (χ2n) is 3.48. The zero-order valence-corrected chi connectivity index (χ0v) is 7.92. The molecular weight excluding hydrogens is 166 g/mol. The van der Waals surface area contributed by atoms with E-state index in [1.807, 2.05) is 18.9 Å². The summed E-state index contributed by atoms with van der Waals surface area (Å²) in [6, 6.07) is 0. The predicted molar refractivity (Wildman–Crippen MR) is 51.2 cm³/mol. The van der Waals surface area contributed by atoms with Crippen molar-refractivity contribution in [2.45, 2.75) is 19.8 Å². The molecule has 0 unspecified atom stereocenters. The van der Waals surface area contributed by atoms with Crippen molar-refractivity contribution in [3.05, 3.63) is 21.7 Å². The van der Waals surface area contributed by atoms with Crippen LogP contribution in [0.3, 0.4) is 0 Å². The van der Waals surface area contributed by atoms with Crippen molar-refractivity contribution in [3.63, 3.8) is 0 Å². The summed E-state index contributed by atoms with van der Waals surface area (Å²) < 4.78 is 0. The number of anilines is 1. The molecular formula is C9H13N3O. The fourth-order valence-corrected chi connectivity index (χ4v) is 1.74. The van der Waals surface area contributed by atoms with E-state index < -0.39 is 0 Å². The number of rotatable bonds is 0. The molecule has 4 heteroatoms. The Labute approximate surface area is 76.6 Å². The molecule has 0 atom stereocenters. The summed E-state index contributed by atoms with van der Waals surface area (Å²) in [5.41, 5.74) is 0.855. The van der Waals surface area contributed by atoms with Crippen LogP contribution in [0.1, 0.15) is 17.8 Å². The molecule has 0 spiro atoms. The lowest BCUT2D eigenvalue weighted by Gasteiger charge is -2.25. The van der Waals surface area contributed by atoms with Crippen LogP contribution < -0.4 is 10.5 Å². The van der Waals surface area contributed by atoms with Crippen molar-refractivity contribution in [2.75, 3.05) is 18.5 Å². The summed E-state index contributed by atoms with van der Waals surface area (Å²) in [6.07, 6.45) is 1.89. The fraction of sp³-hybridized carbons (Fsp3) is 0.556. The van der Waals surface area contributed by atoms with Crippen molar-refractivity contribution in [1.82, 2.24) is 9.97 Å². The van der Waals surface area contributed by atoms with E-state index in [0.717, 1.165) is 30.8 Å². The summed E-state index contributed by atoms with van der Waals surface area (Å²) in [6.45, 7) is 2.80. The van der Waals surface area contributed by atoms with Crippen LogP contribution in [0.25, 0.3) is 0 Å². The molecule has 0 saturated heterocycles. The van der Waals surface area contributed by atoms with Crippen LogP contribution in [0.4, 0.5) is 5.82 Å². The van der Waals surface area contributed by atoms with Gasteiger partial charge in [0.2, 0.25) is 0 Å². The average Bonchev–Trinajstić information content (AvgIpc) is 2.07. The standard InChI is InChI=1S/C9H13N3O/c1-6-10-8-7(9(13)11-6)4-3-5-12(8)2/h3-5H2,1-2H3,(H,10,11,13). The van der Waals surface area contributed by atoms with Crippen LogP contribution in [0, 0.1) is 6.92 Å². The zero-order chi connectivity index (χ0) is 9.42. The molecule has 2 heterocycles. The Morgan fingerprint density at radius 2 is 2.31 bits per heavy atom. The van der Waals surface area contributed by atoms with Crippen LogP contribution in [0.5, 0.6) is 0 Å². The number of hydrogen-bond acceptors (Lipinski definition) is 3. The Morgan fingerprint density at radius 3 is 3.08 bits per heavy atom. The van der Waals surface area contributed by atoms with E-state index in [9.17, 15) is 4.79 Å². The summed E-state index contributed by atoms with van der Waals surface area (Å²) >= 11 is 0. The maximum Gasteiger partial charge on any atom is 0.256 e.